The second-order valence-corrected chi connectivity index (χ2v) is 5.83. The maximum Gasteiger partial charge on any atom is 0.411 e. The van der Waals surface area contributed by atoms with Gasteiger partial charge < -0.3 is 24.8 Å². The van der Waals surface area contributed by atoms with Crippen LogP contribution in [0.15, 0.2) is 48.5 Å². The number of fused-ring (bicyclic) bond motifs is 1. The number of hydrogen-bond donors (Lipinski definition) is 3. The first-order valence-corrected chi connectivity index (χ1v) is 8.48. The van der Waals surface area contributed by atoms with Gasteiger partial charge >= 0.3 is 12.1 Å². The SMILES string of the molecule is COCCOC(=O)Nc1cccc(NC(=O)NC2COc3ccccc32)c1. The lowest BCUT2D eigenvalue weighted by atomic mass is 10.1. The van der Waals surface area contributed by atoms with Crippen LogP contribution in [0, 0.1) is 0 Å². The molecule has 2 aromatic rings. The van der Waals surface area contributed by atoms with Crippen molar-refractivity contribution in [3.8, 4) is 5.75 Å². The number of amides is 3. The van der Waals surface area contributed by atoms with Crippen molar-refractivity contribution in [2.75, 3.05) is 37.6 Å². The van der Waals surface area contributed by atoms with Crippen molar-refractivity contribution in [3.63, 3.8) is 0 Å². The molecule has 1 unspecified atom stereocenters. The highest BCUT2D eigenvalue weighted by molar-refractivity contribution is 5.91. The van der Waals surface area contributed by atoms with Crippen molar-refractivity contribution in [3.05, 3.63) is 54.1 Å². The predicted octanol–water partition coefficient (Wildman–Crippen LogP) is 3.14. The molecule has 2 aromatic carbocycles. The number of rotatable bonds is 6. The Morgan fingerprint density at radius 2 is 1.85 bits per heavy atom. The van der Waals surface area contributed by atoms with Crippen LogP contribution in [-0.2, 0) is 9.47 Å². The Labute approximate surface area is 156 Å². The van der Waals surface area contributed by atoms with Gasteiger partial charge in [-0.3, -0.25) is 5.32 Å². The van der Waals surface area contributed by atoms with E-state index in [1.807, 2.05) is 24.3 Å². The Morgan fingerprint density at radius 3 is 2.67 bits per heavy atom. The van der Waals surface area contributed by atoms with Crippen LogP contribution in [0.1, 0.15) is 11.6 Å². The molecule has 1 heterocycles. The summed E-state index contributed by atoms with van der Waals surface area (Å²) in [4.78, 5) is 23.9. The second-order valence-electron chi connectivity index (χ2n) is 5.83. The van der Waals surface area contributed by atoms with E-state index in [9.17, 15) is 9.59 Å². The molecule has 0 radical (unpaired) electrons. The number of carbonyl (C=O) groups is 2. The zero-order valence-electron chi connectivity index (χ0n) is 14.9. The summed E-state index contributed by atoms with van der Waals surface area (Å²) >= 11 is 0. The number of nitrogens with one attached hydrogen (secondary N) is 3. The van der Waals surface area contributed by atoms with Crippen molar-refractivity contribution in [2.24, 2.45) is 0 Å². The van der Waals surface area contributed by atoms with Crippen LogP contribution in [0.5, 0.6) is 5.75 Å². The Morgan fingerprint density at radius 1 is 1.07 bits per heavy atom. The number of benzene rings is 2. The lowest BCUT2D eigenvalue weighted by Gasteiger charge is -2.13. The minimum absolute atomic E-state index is 0.160. The van der Waals surface area contributed by atoms with E-state index in [2.05, 4.69) is 16.0 Å². The molecular formula is C19H21N3O5. The molecule has 0 fully saturated rings. The summed E-state index contributed by atoms with van der Waals surface area (Å²) in [7, 11) is 1.53. The Balaban J connectivity index is 1.53. The maximum absolute atomic E-state index is 12.3. The number of methoxy groups -OCH3 is 1. The highest BCUT2D eigenvalue weighted by atomic mass is 16.6. The van der Waals surface area contributed by atoms with Crippen LogP contribution in [0.4, 0.5) is 21.0 Å². The standard InChI is InChI=1S/C19H21N3O5/c1-25-9-10-26-19(24)21-14-6-4-5-13(11-14)20-18(23)22-16-12-27-17-8-3-2-7-15(16)17/h2-8,11,16H,9-10,12H2,1H3,(H,21,24)(H2,20,22,23). The average molecular weight is 371 g/mol. The van der Waals surface area contributed by atoms with Crippen molar-refractivity contribution in [1.82, 2.24) is 5.32 Å². The lowest BCUT2D eigenvalue weighted by Crippen LogP contribution is -2.33. The fourth-order valence-electron chi connectivity index (χ4n) is 2.65. The first-order valence-electron chi connectivity index (χ1n) is 8.48. The molecule has 8 nitrogen and oxygen atoms in total. The minimum Gasteiger partial charge on any atom is -0.491 e. The molecular weight excluding hydrogens is 350 g/mol. The summed E-state index contributed by atoms with van der Waals surface area (Å²) < 4.78 is 15.3. The minimum atomic E-state index is -0.589. The maximum atomic E-state index is 12.3. The number of hydrogen-bond acceptors (Lipinski definition) is 5. The van der Waals surface area contributed by atoms with Gasteiger partial charge in [0.2, 0.25) is 0 Å². The highest BCUT2D eigenvalue weighted by Gasteiger charge is 2.25. The smallest absolute Gasteiger partial charge is 0.411 e. The Hall–Kier alpha value is -3.26. The van der Waals surface area contributed by atoms with Crippen LogP contribution in [-0.4, -0.2) is 39.1 Å². The zero-order chi connectivity index (χ0) is 19.1. The van der Waals surface area contributed by atoms with Gasteiger partial charge in [-0.05, 0) is 24.3 Å². The number of para-hydroxylation sites is 1. The summed E-state index contributed by atoms with van der Waals surface area (Å²) in [6, 6.07) is 13.8. The van der Waals surface area contributed by atoms with Crippen LogP contribution < -0.4 is 20.7 Å². The molecule has 0 aromatic heterocycles. The molecule has 3 amide bonds. The molecule has 0 bridgehead atoms. The quantitative estimate of drug-likeness (QED) is 0.678. The highest BCUT2D eigenvalue weighted by Crippen LogP contribution is 2.31. The topological polar surface area (TPSA) is 97.9 Å². The molecule has 142 valence electrons. The van der Waals surface area contributed by atoms with E-state index in [1.54, 1.807) is 24.3 Å². The van der Waals surface area contributed by atoms with E-state index in [-0.39, 0.29) is 18.7 Å². The fourth-order valence-corrected chi connectivity index (χ4v) is 2.65. The van der Waals surface area contributed by atoms with Gasteiger partial charge in [0, 0.05) is 24.0 Å². The molecule has 0 saturated heterocycles. The molecule has 0 aliphatic carbocycles. The first-order chi connectivity index (χ1) is 13.2. The molecule has 1 aliphatic rings. The van der Waals surface area contributed by atoms with Gasteiger partial charge in [0.05, 0.1) is 12.6 Å². The van der Waals surface area contributed by atoms with Crippen molar-refractivity contribution in [1.29, 1.82) is 0 Å². The summed E-state index contributed by atoms with van der Waals surface area (Å²) in [5.41, 5.74) is 1.99. The van der Waals surface area contributed by atoms with Crippen LogP contribution in [0.25, 0.3) is 0 Å². The van der Waals surface area contributed by atoms with Crippen molar-refractivity contribution < 1.29 is 23.8 Å². The Kier molecular flexibility index (Phi) is 6.11. The molecule has 1 atom stereocenters. The Bertz CT molecular complexity index is 811. The van der Waals surface area contributed by atoms with E-state index in [0.29, 0.717) is 24.6 Å². The van der Waals surface area contributed by atoms with Gasteiger partial charge in [-0.2, -0.15) is 0 Å². The molecule has 8 heteroatoms. The molecule has 3 rings (SSSR count). The van der Waals surface area contributed by atoms with Crippen LogP contribution in [0.2, 0.25) is 0 Å². The van der Waals surface area contributed by atoms with Gasteiger partial charge in [0.25, 0.3) is 0 Å². The van der Waals surface area contributed by atoms with Crippen LogP contribution in [0.3, 0.4) is 0 Å². The van der Waals surface area contributed by atoms with Gasteiger partial charge in [-0.1, -0.05) is 24.3 Å². The summed E-state index contributed by atoms with van der Waals surface area (Å²) in [5.74, 6) is 0.779. The van der Waals surface area contributed by atoms with E-state index in [0.717, 1.165) is 11.3 Å². The van der Waals surface area contributed by atoms with Crippen LogP contribution >= 0.6 is 0 Å². The number of carbonyl (C=O) groups excluding carboxylic acids is 2. The molecule has 27 heavy (non-hydrogen) atoms. The van der Waals surface area contributed by atoms with E-state index < -0.39 is 6.09 Å². The summed E-state index contributed by atoms with van der Waals surface area (Å²) in [6.45, 7) is 0.873. The average Bonchev–Trinajstić information content (AvgIpc) is 3.05. The number of ether oxygens (including phenoxy) is 3. The van der Waals surface area contributed by atoms with Gasteiger partial charge in [-0.15, -0.1) is 0 Å². The predicted molar refractivity (Wildman–Crippen MR) is 100 cm³/mol. The fraction of sp³-hybridized carbons (Fsp3) is 0.263. The second kappa shape index (κ2) is 8.91. The number of urea groups is 1. The van der Waals surface area contributed by atoms with E-state index in [4.69, 9.17) is 14.2 Å². The molecule has 3 N–H and O–H groups in total. The molecule has 1 aliphatic heterocycles. The van der Waals surface area contributed by atoms with Gasteiger partial charge in [0.1, 0.15) is 19.0 Å². The van der Waals surface area contributed by atoms with Crippen molar-refractivity contribution in [2.45, 2.75) is 6.04 Å². The first kappa shape index (κ1) is 18.5. The normalized spacial score (nSPS) is 14.6. The zero-order valence-corrected chi connectivity index (χ0v) is 14.9. The summed E-state index contributed by atoms with van der Waals surface area (Å²) in [6.07, 6.45) is -0.589. The third-order valence-electron chi connectivity index (χ3n) is 3.89. The summed E-state index contributed by atoms with van der Waals surface area (Å²) in [5, 5.41) is 8.22. The third-order valence-corrected chi connectivity index (χ3v) is 3.89. The molecule has 0 saturated carbocycles. The van der Waals surface area contributed by atoms with Gasteiger partial charge in [0.15, 0.2) is 0 Å². The largest absolute Gasteiger partial charge is 0.491 e. The third kappa shape index (κ3) is 5.11. The molecule has 0 spiro atoms. The van der Waals surface area contributed by atoms with E-state index in [1.165, 1.54) is 7.11 Å². The monoisotopic (exact) mass is 371 g/mol. The lowest BCUT2D eigenvalue weighted by molar-refractivity contribution is 0.107. The van der Waals surface area contributed by atoms with Gasteiger partial charge in [-0.25, -0.2) is 9.59 Å². The van der Waals surface area contributed by atoms with Crippen molar-refractivity contribution >= 4 is 23.5 Å². The van der Waals surface area contributed by atoms with E-state index >= 15 is 0 Å². The number of anilines is 2.